The largest absolute Gasteiger partial charge is 0.507 e. The molecular formula is C25H17BrCl2N2O3. The molecule has 5 nitrogen and oxygen atoms in total. The maximum atomic E-state index is 12.5. The minimum Gasteiger partial charge on any atom is -0.507 e. The molecule has 0 fully saturated rings. The van der Waals surface area contributed by atoms with Gasteiger partial charge in [-0.1, -0.05) is 53.5 Å². The molecule has 0 saturated heterocycles. The maximum absolute atomic E-state index is 12.5. The molecule has 166 valence electrons. The van der Waals surface area contributed by atoms with Crippen molar-refractivity contribution in [2.75, 3.05) is 0 Å². The summed E-state index contributed by atoms with van der Waals surface area (Å²) in [5.41, 5.74) is 4.23. The molecule has 0 aliphatic carbocycles. The molecule has 0 aromatic heterocycles. The molecule has 8 heteroatoms. The summed E-state index contributed by atoms with van der Waals surface area (Å²) in [7, 11) is 0. The van der Waals surface area contributed by atoms with Crippen LogP contribution in [-0.4, -0.2) is 17.2 Å². The summed E-state index contributed by atoms with van der Waals surface area (Å²) in [6.45, 7) is 0.328. The number of hydrazone groups is 1. The van der Waals surface area contributed by atoms with Gasteiger partial charge >= 0.3 is 0 Å². The highest BCUT2D eigenvalue weighted by molar-refractivity contribution is 9.10. The minimum atomic E-state index is -0.504. The van der Waals surface area contributed by atoms with Crippen molar-refractivity contribution in [1.82, 2.24) is 5.43 Å². The Kier molecular flexibility index (Phi) is 7.18. The highest BCUT2D eigenvalue weighted by atomic mass is 79.9. The number of carbonyl (C=O) groups is 1. The summed E-state index contributed by atoms with van der Waals surface area (Å²) < 4.78 is 6.56. The van der Waals surface area contributed by atoms with Gasteiger partial charge in [0.15, 0.2) is 0 Å². The molecule has 0 spiro atoms. The van der Waals surface area contributed by atoms with Gasteiger partial charge in [-0.2, -0.15) is 5.10 Å². The molecule has 33 heavy (non-hydrogen) atoms. The Morgan fingerprint density at radius 2 is 1.76 bits per heavy atom. The smallest absolute Gasteiger partial charge is 0.275 e. The summed E-state index contributed by atoms with van der Waals surface area (Å²) in [6.07, 6.45) is 1.50. The Bertz CT molecular complexity index is 1380. The zero-order valence-corrected chi connectivity index (χ0v) is 20.2. The highest BCUT2D eigenvalue weighted by Crippen LogP contribution is 2.28. The van der Waals surface area contributed by atoms with Gasteiger partial charge in [0.25, 0.3) is 5.91 Å². The predicted octanol–water partition coefficient (Wildman–Crippen LogP) is 6.96. The Morgan fingerprint density at radius 3 is 2.48 bits per heavy atom. The number of aromatic hydroxyl groups is 1. The summed E-state index contributed by atoms with van der Waals surface area (Å²) in [6, 6.07) is 21.4. The van der Waals surface area contributed by atoms with E-state index in [1.807, 2.05) is 36.4 Å². The number of nitrogens with one attached hydrogen (secondary N) is 1. The fourth-order valence-electron chi connectivity index (χ4n) is 3.14. The van der Waals surface area contributed by atoms with E-state index in [0.29, 0.717) is 22.4 Å². The Hall–Kier alpha value is -3.06. The molecule has 4 rings (SSSR count). The SMILES string of the molecule is O=C(NN=Cc1ccc(OCc2ccc(Cl)c(Cl)c2)c(Br)c1)c1cc2ccccc2cc1O. The molecule has 0 aliphatic heterocycles. The third kappa shape index (κ3) is 5.66. The van der Waals surface area contributed by atoms with Gasteiger partial charge in [0, 0.05) is 0 Å². The Labute approximate surface area is 208 Å². The number of nitrogens with zero attached hydrogens (tertiary/aromatic N) is 1. The lowest BCUT2D eigenvalue weighted by atomic mass is 10.1. The number of ether oxygens (including phenoxy) is 1. The van der Waals surface area contributed by atoms with Gasteiger partial charge in [0.1, 0.15) is 18.1 Å². The van der Waals surface area contributed by atoms with Crippen LogP contribution in [0.2, 0.25) is 10.0 Å². The third-order valence-electron chi connectivity index (χ3n) is 4.82. The number of phenolic OH excluding ortho intramolecular Hbond substituents is 1. The van der Waals surface area contributed by atoms with Gasteiger partial charge in [-0.3, -0.25) is 4.79 Å². The second-order valence-electron chi connectivity index (χ2n) is 7.14. The molecular weight excluding hydrogens is 527 g/mol. The van der Waals surface area contributed by atoms with Gasteiger partial charge in [-0.25, -0.2) is 5.43 Å². The van der Waals surface area contributed by atoms with Gasteiger partial charge in [-0.15, -0.1) is 0 Å². The average molecular weight is 544 g/mol. The quantitative estimate of drug-likeness (QED) is 0.204. The van der Waals surface area contributed by atoms with Crippen LogP contribution < -0.4 is 10.2 Å². The van der Waals surface area contributed by atoms with Gasteiger partial charge in [0.05, 0.1) is 26.3 Å². The summed E-state index contributed by atoms with van der Waals surface area (Å²) >= 11 is 15.5. The zero-order chi connectivity index (χ0) is 23.4. The molecule has 0 radical (unpaired) electrons. The molecule has 0 unspecified atom stereocenters. The van der Waals surface area contributed by atoms with Crippen LogP contribution in [-0.2, 0) is 6.61 Å². The molecule has 0 bridgehead atoms. The van der Waals surface area contributed by atoms with Crippen molar-refractivity contribution in [3.63, 3.8) is 0 Å². The monoisotopic (exact) mass is 542 g/mol. The van der Waals surface area contributed by atoms with Crippen molar-refractivity contribution in [3.05, 3.63) is 104 Å². The first-order valence-electron chi connectivity index (χ1n) is 9.82. The number of halogens is 3. The lowest BCUT2D eigenvalue weighted by Crippen LogP contribution is -2.17. The number of hydrogen-bond acceptors (Lipinski definition) is 4. The van der Waals surface area contributed by atoms with E-state index in [9.17, 15) is 9.90 Å². The first kappa shape index (κ1) is 23.1. The van der Waals surface area contributed by atoms with E-state index < -0.39 is 5.91 Å². The number of benzene rings is 4. The van der Waals surface area contributed by atoms with E-state index in [1.165, 1.54) is 6.21 Å². The van der Waals surface area contributed by atoms with Crippen LogP contribution in [0, 0.1) is 0 Å². The van der Waals surface area contributed by atoms with E-state index in [-0.39, 0.29) is 11.3 Å². The van der Waals surface area contributed by atoms with Crippen LogP contribution >= 0.6 is 39.1 Å². The van der Waals surface area contributed by atoms with Crippen LogP contribution in [0.5, 0.6) is 11.5 Å². The van der Waals surface area contributed by atoms with E-state index in [0.717, 1.165) is 26.4 Å². The number of amides is 1. The number of rotatable bonds is 6. The van der Waals surface area contributed by atoms with Gasteiger partial charge < -0.3 is 9.84 Å². The summed E-state index contributed by atoms with van der Waals surface area (Å²) in [5.74, 6) is 0.0334. The normalized spacial score (nSPS) is 11.1. The average Bonchev–Trinajstić information content (AvgIpc) is 2.80. The van der Waals surface area contributed by atoms with Crippen molar-refractivity contribution in [2.45, 2.75) is 6.61 Å². The molecule has 2 N–H and O–H groups in total. The van der Waals surface area contributed by atoms with Crippen LogP contribution in [0.25, 0.3) is 10.8 Å². The van der Waals surface area contributed by atoms with Crippen LogP contribution in [0.3, 0.4) is 0 Å². The lowest BCUT2D eigenvalue weighted by molar-refractivity contribution is 0.0952. The van der Waals surface area contributed by atoms with E-state index in [2.05, 4.69) is 26.5 Å². The van der Waals surface area contributed by atoms with E-state index >= 15 is 0 Å². The van der Waals surface area contributed by atoms with Crippen molar-refractivity contribution in [1.29, 1.82) is 0 Å². The number of fused-ring (bicyclic) bond motifs is 1. The number of carbonyl (C=O) groups excluding carboxylic acids is 1. The first-order valence-corrected chi connectivity index (χ1v) is 11.4. The maximum Gasteiger partial charge on any atom is 0.275 e. The second kappa shape index (κ2) is 10.3. The molecule has 0 atom stereocenters. The molecule has 4 aromatic rings. The van der Waals surface area contributed by atoms with Crippen molar-refractivity contribution in [2.24, 2.45) is 5.10 Å². The topological polar surface area (TPSA) is 70.9 Å². The highest BCUT2D eigenvalue weighted by Gasteiger charge is 2.12. The van der Waals surface area contributed by atoms with Gasteiger partial charge in [-0.05, 0) is 80.3 Å². The molecule has 0 saturated carbocycles. The Balaban J connectivity index is 1.39. The van der Waals surface area contributed by atoms with E-state index in [4.69, 9.17) is 27.9 Å². The van der Waals surface area contributed by atoms with E-state index in [1.54, 1.807) is 36.4 Å². The third-order valence-corrected chi connectivity index (χ3v) is 6.18. The van der Waals surface area contributed by atoms with Crippen molar-refractivity contribution < 1.29 is 14.6 Å². The van der Waals surface area contributed by atoms with Crippen LogP contribution in [0.4, 0.5) is 0 Å². The van der Waals surface area contributed by atoms with Crippen LogP contribution in [0.15, 0.2) is 82.4 Å². The number of hydrogen-bond donors (Lipinski definition) is 2. The van der Waals surface area contributed by atoms with Gasteiger partial charge in [0.2, 0.25) is 0 Å². The summed E-state index contributed by atoms with van der Waals surface area (Å²) in [4.78, 5) is 12.5. The number of phenols is 1. The standard InChI is InChI=1S/C25H17BrCl2N2O3/c26-20-9-15(6-8-24(20)33-14-16-5-7-21(27)22(28)10-16)13-29-30-25(32)19-11-17-3-1-2-4-18(17)12-23(19)31/h1-13,31H,14H2,(H,30,32). The molecule has 4 aromatic carbocycles. The summed E-state index contributed by atoms with van der Waals surface area (Å²) in [5, 5.41) is 16.8. The second-order valence-corrected chi connectivity index (χ2v) is 8.81. The first-order chi connectivity index (χ1) is 15.9. The molecule has 1 amide bonds. The Morgan fingerprint density at radius 1 is 1.00 bits per heavy atom. The van der Waals surface area contributed by atoms with Crippen molar-refractivity contribution >= 4 is 62.0 Å². The zero-order valence-electron chi connectivity index (χ0n) is 17.1. The predicted molar refractivity (Wildman–Crippen MR) is 136 cm³/mol. The fraction of sp³-hybridized carbons (Fsp3) is 0.0400. The lowest BCUT2D eigenvalue weighted by Gasteiger charge is -2.09. The fourth-order valence-corrected chi connectivity index (χ4v) is 3.97. The molecule has 0 heterocycles. The molecule has 0 aliphatic rings. The minimum absolute atomic E-state index is 0.104. The van der Waals surface area contributed by atoms with Crippen LogP contribution in [0.1, 0.15) is 21.5 Å². The van der Waals surface area contributed by atoms with Crippen molar-refractivity contribution in [3.8, 4) is 11.5 Å².